The van der Waals surface area contributed by atoms with E-state index in [4.69, 9.17) is 5.11 Å². The normalized spacial score (nSPS) is 47.3. The summed E-state index contributed by atoms with van der Waals surface area (Å²) in [6, 6.07) is -0.721. The van der Waals surface area contributed by atoms with Gasteiger partial charge in [-0.3, -0.25) is 0 Å². The number of aliphatic hydroxyl groups is 5. The minimum atomic E-state index is -1.44. The highest BCUT2D eigenvalue weighted by atomic mass is 16.4. The van der Waals surface area contributed by atoms with Crippen LogP contribution in [0.3, 0.4) is 0 Å². The Morgan fingerprint density at radius 3 is 2.15 bits per heavy atom. The second kappa shape index (κ2) is 4.32. The second-order valence-corrected chi connectivity index (χ2v) is 3.24. The zero-order valence-electron chi connectivity index (χ0n) is 7.04. The number of aliphatic hydroxyl groups excluding tert-OH is 5. The standard InChI is InChI=1S/C7H15NO5/c9-2-3-5(11)7(13)6(12)4(10)1-8-3/h3-13H,1-2H2/t3-,4+,5-,6-,7-/m1/s1. The van der Waals surface area contributed by atoms with E-state index in [0.29, 0.717) is 0 Å². The molecule has 1 aliphatic rings. The van der Waals surface area contributed by atoms with Gasteiger partial charge in [-0.2, -0.15) is 0 Å². The predicted octanol–water partition coefficient (Wildman–Crippen LogP) is -3.61. The summed E-state index contributed by atoms with van der Waals surface area (Å²) in [6.07, 6.45) is -5.25. The quantitative estimate of drug-likeness (QED) is 0.256. The van der Waals surface area contributed by atoms with Crippen LogP contribution < -0.4 is 5.32 Å². The summed E-state index contributed by atoms with van der Waals surface area (Å²) in [6.45, 7) is -0.335. The molecule has 1 heterocycles. The molecule has 0 aliphatic carbocycles. The lowest BCUT2D eigenvalue weighted by Gasteiger charge is -2.24. The molecule has 1 saturated heterocycles. The van der Waals surface area contributed by atoms with E-state index in [9.17, 15) is 20.4 Å². The van der Waals surface area contributed by atoms with Crippen molar-refractivity contribution < 1.29 is 25.5 Å². The average molecular weight is 193 g/mol. The van der Waals surface area contributed by atoms with Crippen LogP contribution >= 0.6 is 0 Å². The first-order valence-electron chi connectivity index (χ1n) is 4.14. The maximum atomic E-state index is 9.36. The molecule has 78 valence electrons. The van der Waals surface area contributed by atoms with Gasteiger partial charge in [-0.15, -0.1) is 0 Å². The van der Waals surface area contributed by atoms with E-state index in [1.165, 1.54) is 0 Å². The van der Waals surface area contributed by atoms with Crippen LogP contribution in [0.5, 0.6) is 0 Å². The first-order valence-corrected chi connectivity index (χ1v) is 4.14. The molecule has 0 unspecified atom stereocenters. The van der Waals surface area contributed by atoms with E-state index in [1.54, 1.807) is 0 Å². The number of nitrogens with one attached hydrogen (secondary N) is 1. The Morgan fingerprint density at radius 2 is 1.62 bits per heavy atom. The summed E-state index contributed by atoms with van der Waals surface area (Å²) in [5.74, 6) is 0. The number of hydrogen-bond donors (Lipinski definition) is 6. The molecule has 1 rings (SSSR count). The molecule has 0 saturated carbocycles. The highest BCUT2D eigenvalue weighted by Gasteiger charge is 2.37. The highest BCUT2D eigenvalue weighted by Crippen LogP contribution is 2.11. The van der Waals surface area contributed by atoms with E-state index >= 15 is 0 Å². The molecule has 1 fully saturated rings. The minimum absolute atomic E-state index is 0.0283. The molecule has 0 aromatic heterocycles. The summed E-state index contributed by atoms with van der Waals surface area (Å²) in [7, 11) is 0. The van der Waals surface area contributed by atoms with Crippen LogP contribution in [-0.2, 0) is 0 Å². The molecule has 6 heteroatoms. The van der Waals surface area contributed by atoms with Gasteiger partial charge >= 0.3 is 0 Å². The van der Waals surface area contributed by atoms with Crippen molar-refractivity contribution in [3.8, 4) is 0 Å². The van der Waals surface area contributed by atoms with Gasteiger partial charge in [0.15, 0.2) is 0 Å². The minimum Gasteiger partial charge on any atom is -0.395 e. The molecule has 0 spiro atoms. The number of β-amino-alcohol motifs (C(OH)–C–C–N with tert-alkyl or cyclic N) is 1. The SMILES string of the molecule is OC[C@H]1NC[C@H](O)[C@@H](O)[C@H](O)[C@@H]1O. The van der Waals surface area contributed by atoms with Crippen LogP contribution in [0.4, 0.5) is 0 Å². The number of rotatable bonds is 1. The molecule has 1 aliphatic heterocycles. The first kappa shape index (κ1) is 10.8. The monoisotopic (exact) mass is 193 g/mol. The van der Waals surface area contributed by atoms with Gasteiger partial charge in [-0.05, 0) is 0 Å². The fourth-order valence-electron chi connectivity index (χ4n) is 1.35. The van der Waals surface area contributed by atoms with Gasteiger partial charge < -0.3 is 30.8 Å². The topological polar surface area (TPSA) is 113 Å². The molecule has 0 bridgehead atoms. The highest BCUT2D eigenvalue weighted by molar-refractivity contribution is 4.92. The Kier molecular flexibility index (Phi) is 3.60. The summed E-state index contributed by atoms with van der Waals surface area (Å²) in [5.41, 5.74) is 0. The van der Waals surface area contributed by atoms with Crippen molar-refractivity contribution in [2.75, 3.05) is 13.2 Å². The van der Waals surface area contributed by atoms with Crippen molar-refractivity contribution in [2.45, 2.75) is 30.5 Å². The van der Waals surface area contributed by atoms with Gasteiger partial charge in [0.2, 0.25) is 0 Å². The molecular formula is C7H15NO5. The third-order valence-corrected chi connectivity index (χ3v) is 2.29. The lowest BCUT2D eigenvalue weighted by atomic mass is 10.0. The van der Waals surface area contributed by atoms with Gasteiger partial charge in [0.05, 0.1) is 18.8 Å². The van der Waals surface area contributed by atoms with Crippen LogP contribution in [0.25, 0.3) is 0 Å². The van der Waals surface area contributed by atoms with Crippen molar-refractivity contribution >= 4 is 0 Å². The molecule has 0 aromatic rings. The van der Waals surface area contributed by atoms with Crippen molar-refractivity contribution in [2.24, 2.45) is 0 Å². The fourth-order valence-corrected chi connectivity index (χ4v) is 1.35. The van der Waals surface area contributed by atoms with Gasteiger partial charge in [0.1, 0.15) is 18.3 Å². The molecule has 6 nitrogen and oxygen atoms in total. The molecular weight excluding hydrogens is 178 g/mol. The Hall–Kier alpha value is -0.240. The summed E-state index contributed by atoms with van der Waals surface area (Å²) < 4.78 is 0. The largest absolute Gasteiger partial charge is 0.395 e. The molecule has 5 atom stereocenters. The van der Waals surface area contributed by atoms with E-state index in [0.717, 1.165) is 0 Å². The van der Waals surface area contributed by atoms with Crippen LogP contribution in [-0.4, -0.2) is 69.1 Å². The first-order chi connectivity index (χ1) is 6.07. The smallest absolute Gasteiger partial charge is 0.110 e. The number of hydrogen-bond acceptors (Lipinski definition) is 6. The van der Waals surface area contributed by atoms with Gasteiger partial charge in [0.25, 0.3) is 0 Å². The summed E-state index contributed by atoms with van der Waals surface area (Å²) >= 11 is 0. The Morgan fingerprint density at radius 1 is 1.00 bits per heavy atom. The molecule has 13 heavy (non-hydrogen) atoms. The van der Waals surface area contributed by atoms with Crippen LogP contribution in [0.1, 0.15) is 0 Å². The van der Waals surface area contributed by atoms with Crippen molar-refractivity contribution in [3.05, 3.63) is 0 Å². The zero-order valence-corrected chi connectivity index (χ0v) is 7.04. The Balaban J connectivity index is 2.69. The van der Waals surface area contributed by atoms with Crippen LogP contribution in [0, 0.1) is 0 Å². The second-order valence-electron chi connectivity index (χ2n) is 3.24. The van der Waals surface area contributed by atoms with Gasteiger partial charge in [-0.1, -0.05) is 0 Å². The van der Waals surface area contributed by atoms with Crippen LogP contribution in [0.15, 0.2) is 0 Å². The molecule has 0 aromatic carbocycles. The Labute approximate surface area is 75.4 Å². The summed E-state index contributed by atoms with van der Waals surface area (Å²) in [5, 5.41) is 48.5. The van der Waals surface area contributed by atoms with E-state index in [1.807, 2.05) is 0 Å². The van der Waals surface area contributed by atoms with Gasteiger partial charge in [0, 0.05) is 6.54 Å². The van der Waals surface area contributed by atoms with E-state index < -0.39 is 30.5 Å². The Bertz CT molecular complexity index is 165. The van der Waals surface area contributed by atoms with Crippen LogP contribution in [0.2, 0.25) is 0 Å². The van der Waals surface area contributed by atoms with Crippen molar-refractivity contribution in [1.82, 2.24) is 5.32 Å². The predicted molar refractivity (Wildman–Crippen MR) is 42.9 cm³/mol. The fraction of sp³-hybridized carbons (Fsp3) is 1.00. The third kappa shape index (κ3) is 2.16. The summed E-state index contributed by atoms with van der Waals surface area (Å²) in [4.78, 5) is 0. The zero-order chi connectivity index (χ0) is 10.0. The maximum absolute atomic E-state index is 9.36. The molecule has 6 N–H and O–H groups in total. The maximum Gasteiger partial charge on any atom is 0.110 e. The molecule has 0 radical (unpaired) electrons. The van der Waals surface area contributed by atoms with E-state index in [-0.39, 0.29) is 13.2 Å². The van der Waals surface area contributed by atoms with E-state index in [2.05, 4.69) is 5.32 Å². The average Bonchev–Trinajstić information content (AvgIpc) is 2.22. The van der Waals surface area contributed by atoms with Crippen molar-refractivity contribution in [3.63, 3.8) is 0 Å². The lowest BCUT2D eigenvalue weighted by Crippen LogP contribution is -2.48. The third-order valence-electron chi connectivity index (χ3n) is 2.29. The lowest BCUT2D eigenvalue weighted by molar-refractivity contribution is -0.0980. The van der Waals surface area contributed by atoms with Gasteiger partial charge in [-0.25, -0.2) is 0 Å². The van der Waals surface area contributed by atoms with Crippen molar-refractivity contribution in [1.29, 1.82) is 0 Å². The molecule has 0 amide bonds.